The van der Waals surface area contributed by atoms with Crippen LogP contribution in [0.1, 0.15) is 5.56 Å². The number of halogens is 1. The van der Waals surface area contributed by atoms with Crippen LogP contribution in [0.5, 0.6) is 11.5 Å². The summed E-state index contributed by atoms with van der Waals surface area (Å²) in [6, 6.07) is 13.6. The lowest BCUT2D eigenvalue weighted by atomic mass is 10.1. The van der Waals surface area contributed by atoms with Crippen LogP contribution in [0.4, 0.5) is 5.13 Å². The zero-order valence-corrected chi connectivity index (χ0v) is 16.1. The zero-order valence-electron chi connectivity index (χ0n) is 13.7. The molecule has 0 aliphatic rings. The molecule has 2 aromatic carbocycles. The average molecular weight is 418 g/mol. The molecule has 0 spiro atoms. The molecule has 5 nitrogen and oxygen atoms in total. The standard InChI is InChI=1S/C18H16BrN3O2S/c1-23-16-7-6-13(9-17(16)24-2)15-11-25-18(21-15)22-20-10-12-4-3-5-14(19)8-12/h3-11H,1-2H3,(H,21,22)/b20-10-. The second-order valence-corrected chi connectivity index (χ2v) is 6.81. The number of ether oxygens (including phenoxy) is 2. The summed E-state index contributed by atoms with van der Waals surface area (Å²) in [6.45, 7) is 0. The molecule has 0 radical (unpaired) electrons. The Morgan fingerprint density at radius 2 is 1.96 bits per heavy atom. The molecule has 0 aliphatic carbocycles. The van der Waals surface area contributed by atoms with Gasteiger partial charge in [-0.05, 0) is 35.9 Å². The Hall–Kier alpha value is -2.38. The number of nitrogens with zero attached hydrogens (tertiary/aromatic N) is 2. The van der Waals surface area contributed by atoms with Gasteiger partial charge < -0.3 is 9.47 Å². The van der Waals surface area contributed by atoms with Crippen LogP contribution in [0.3, 0.4) is 0 Å². The van der Waals surface area contributed by atoms with Gasteiger partial charge in [-0.3, -0.25) is 5.43 Å². The molecular formula is C18H16BrN3O2S. The van der Waals surface area contributed by atoms with Crippen molar-refractivity contribution in [3.05, 3.63) is 57.9 Å². The maximum absolute atomic E-state index is 5.34. The largest absolute Gasteiger partial charge is 0.493 e. The predicted molar refractivity (Wildman–Crippen MR) is 106 cm³/mol. The number of hydrogen-bond acceptors (Lipinski definition) is 6. The minimum absolute atomic E-state index is 0.676. The molecule has 0 amide bonds. The van der Waals surface area contributed by atoms with Gasteiger partial charge in [0, 0.05) is 15.4 Å². The fourth-order valence-electron chi connectivity index (χ4n) is 2.20. The van der Waals surface area contributed by atoms with Crippen LogP contribution < -0.4 is 14.9 Å². The summed E-state index contributed by atoms with van der Waals surface area (Å²) >= 11 is 4.93. The van der Waals surface area contributed by atoms with Gasteiger partial charge in [0.05, 0.1) is 26.1 Å². The number of methoxy groups -OCH3 is 2. The Labute approximate surface area is 158 Å². The monoisotopic (exact) mass is 417 g/mol. The molecule has 25 heavy (non-hydrogen) atoms. The molecule has 0 atom stereocenters. The first-order valence-corrected chi connectivity index (χ1v) is 9.09. The Bertz CT molecular complexity index is 896. The third kappa shape index (κ3) is 4.37. The van der Waals surface area contributed by atoms with Crippen LogP contribution in [0, 0.1) is 0 Å². The van der Waals surface area contributed by atoms with Crippen molar-refractivity contribution in [2.24, 2.45) is 5.10 Å². The highest BCUT2D eigenvalue weighted by Crippen LogP contribution is 2.33. The van der Waals surface area contributed by atoms with Crippen molar-refractivity contribution in [2.45, 2.75) is 0 Å². The van der Waals surface area contributed by atoms with Gasteiger partial charge in [-0.15, -0.1) is 11.3 Å². The number of nitrogens with one attached hydrogen (secondary N) is 1. The molecule has 1 aromatic heterocycles. The van der Waals surface area contributed by atoms with E-state index in [4.69, 9.17) is 9.47 Å². The van der Waals surface area contributed by atoms with Crippen LogP contribution in [-0.4, -0.2) is 25.4 Å². The van der Waals surface area contributed by atoms with Crippen LogP contribution >= 0.6 is 27.3 Å². The SMILES string of the molecule is COc1ccc(-c2csc(N/N=C\c3cccc(Br)c3)n2)cc1OC. The highest BCUT2D eigenvalue weighted by molar-refractivity contribution is 9.10. The van der Waals surface area contributed by atoms with Gasteiger partial charge in [0.2, 0.25) is 5.13 Å². The third-order valence-corrected chi connectivity index (χ3v) is 4.65. The number of hydrogen-bond donors (Lipinski definition) is 1. The van der Waals surface area contributed by atoms with Crippen molar-refractivity contribution >= 4 is 38.6 Å². The molecule has 128 valence electrons. The van der Waals surface area contributed by atoms with Gasteiger partial charge in [-0.2, -0.15) is 5.10 Å². The third-order valence-electron chi connectivity index (χ3n) is 3.41. The number of thiazole rings is 1. The van der Waals surface area contributed by atoms with E-state index in [2.05, 4.69) is 31.4 Å². The lowest BCUT2D eigenvalue weighted by Gasteiger charge is -2.08. The molecule has 0 saturated heterocycles. The van der Waals surface area contributed by atoms with Crippen molar-refractivity contribution in [3.8, 4) is 22.8 Å². The van der Waals surface area contributed by atoms with Gasteiger partial charge in [0.15, 0.2) is 11.5 Å². The number of hydrazone groups is 1. The number of benzene rings is 2. The van der Waals surface area contributed by atoms with Gasteiger partial charge >= 0.3 is 0 Å². The molecule has 0 fully saturated rings. The number of rotatable bonds is 6. The fourth-order valence-corrected chi connectivity index (χ4v) is 3.29. The van der Waals surface area contributed by atoms with Crippen LogP contribution in [0.15, 0.2) is 57.4 Å². The van der Waals surface area contributed by atoms with E-state index in [1.165, 1.54) is 11.3 Å². The molecule has 7 heteroatoms. The minimum Gasteiger partial charge on any atom is -0.493 e. The molecule has 3 rings (SSSR count). The van der Waals surface area contributed by atoms with Crippen molar-refractivity contribution < 1.29 is 9.47 Å². The highest BCUT2D eigenvalue weighted by Gasteiger charge is 2.09. The lowest BCUT2D eigenvalue weighted by molar-refractivity contribution is 0.355. The average Bonchev–Trinajstić information content (AvgIpc) is 3.10. The smallest absolute Gasteiger partial charge is 0.203 e. The summed E-state index contributed by atoms with van der Waals surface area (Å²) in [7, 11) is 3.23. The maximum Gasteiger partial charge on any atom is 0.203 e. The molecule has 0 unspecified atom stereocenters. The summed E-state index contributed by atoms with van der Waals surface area (Å²) in [5.74, 6) is 1.37. The van der Waals surface area contributed by atoms with Gasteiger partial charge in [-0.25, -0.2) is 4.98 Å². The maximum atomic E-state index is 5.34. The minimum atomic E-state index is 0.676. The highest BCUT2D eigenvalue weighted by atomic mass is 79.9. The topological polar surface area (TPSA) is 55.7 Å². The first-order valence-electron chi connectivity index (χ1n) is 7.42. The first kappa shape index (κ1) is 17.4. The van der Waals surface area contributed by atoms with Crippen LogP contribution in [0.25, 0.3) is 11.3 Å². The predicted octanol–water partition coefficient (Wildman–Crippen LogP) is 5.04. The van der Waals surface area contributed by atoms with E-state index in [0.29, 0.717) is 11.5 Å². The van der Waals surface area contributed by atoms with Crippen molar-refractivity contribution in [1.29, 1.82) is 0 Å². The second-order valence-electron chi connectivity index (χ2n) is 5.03. The zero-order chi connectivity index (χ0) is 17.6. The Morgan fingerprint density at radius 1 is 1.12 bits per heavy atom. The molecule has 0 bridgehead atoms. The second kappa shape index (κ2) is 8.13. The molecule has 1 heterocycles. The molecule has 3 aromatic rings. The van der Waals surface area contributed by atoms with Crippen molar-refractivity contribution in [3.63, 3.8) is 0 Å². The number of anilines is 1. The molecule has 0 saturated carbocycles. The number of aromatic nitrogens is 1. The van der Waals surface area contributed by atoms with E-state index < -0.39 is 0 Å². The Morgan fingerprint density at radius 3 is 2.72 bits per heavy atom. The summed E-state index contributed by atoms with van der Waals surface area (Å²) in [5, 5.41) is 6.92. The van der Waals surface area contributed by atoms with E-state index in [-0.39, 0.29) is 0 Å². The Balaban J connectivity index is 1.72. The van der Waals surface area contributed by atoms with E-state index in [1.54, 1.807) is 20.4 Å². The van der Waals surface area contributed by atoms with Crippen LogP contribution in [-0.2, 0) is 0 Å². The lowest BCUT2D eigenvalue weighted by Crippen LogP contribution is -1.92. The fraction of sp³-hybridized carbons (Fsp3) is 0.111. The first-order chi connectivity index (χ1) is 12.2. The van der Waals surface area contributed by atoms with E-state index in [1.807, 2.05) is 47.8 Å². The quantitative estimate of drug-likeness (QED) is 0.450. The van der Waals surface area contributed by atoms with Gasteiger partial charge in [0.25, 0.3) is 0 Å². The Kier molecular flexibility index (Phi) is 5.67. The van der Waals surface area contributed by atoms with Gasteiger partial charge in [0.1, 0.15) is 0 Å². The van der Waals surface area contributed by atoms with E-state index in [9.17, 15) is 0 Å². The normalized spacial score (nSPS) is 10.8. The molecular weight excluding hydrogens is 402 g/mol. The molecule has 0 aliphatic heterocycles. The van der Waals surface area contributed by atoms with E-state index in [0.717, 1.165) is 26.4 Å². The summed E-state index contributed by atoms with van der Waals surface area (Å²) in [5.41, 5.74) is 5.77. The van der Waals surface area contributed by atoms with Crippen molar-refractivity contribution in [1.82, 2.24) is 4.98 Å². The van der Waals surface area contributed by atoms with Crippen molar-refractivity contribution in [2.75, 3.05) is 19.6 Å². The van der Waals surface area contributed by atoms with Gasteiger partial charge in [-0.1, -0.05) is 28.1 Å². The van der Waals surface area contributed by atoms with Crippen LogP contribution in [0.2, 0.25) is 0 Å². The summed E-state index contributed by atoms with van der Waals surface area (Å²) in [4.78, 5) is 4.55. The summed E-state index contributed by atoms with van der Waals surface area (Å²) in [6.07, 6.45) is 1.75. The van der Waals surface area contributed by atoms with E-state index >= 15 is 0 Å². The summed E-state index contributed by atoms with van der Waals surface area (Å²) < 4.78 is 11.6. The molecule has 1 N–H and O–H groups in total.